The van der Waals surface area contributed by atoms with E-state index in [1.54, 1.807) is 0 Å². The molecule has 0 aromatic rings. The fraction of sp³-hybridized carbons (Fsp3) is 1.00. The highest BCUT2D eigenvalue weighted by molar-refractivity contribution is 4.75. The van der Waals surface area contributed by atoms with E-state index in [1.807, 2.05) is 0 Å². The van der Waals surface area contributed by atoms with Gasteiger partial charge in [-0.05, 0) is 47.0 Å². The number of ether oxygens (including phenoxy) is 2. The summed E-state index contributed by atoms with van der Waals surface area (Å²) in [4.78, 5) is 2.39. The Labute approximate surface area is 118 Å². The maximum Gasteiger partial charge on any atom is 0.107 e. The summed E-state index contributed by atoms with van der Waals surface area (Å²) >= 11 is 0. The van der Waals surface area contributed by atoms with Crippen molar-refractivity contribution >= 4 is 0 Å². The van der Waals surface area contributed by atoms with Gasteiger partial charge in [-0.2, -0.15) is 0 Å². The van der Waals surface area contributed by atoms with Crippen molar-refractivity contribution in [1.82, 2.24) is 10.2 Å². The highest BCUT2D eigenvalue weighted by Crippen LogP contribution is 2.12. The van der Waals surface area contributed by atoms with E-state index in [4.69, 9.17) is 9.47 Å². The van der Waals surface area contributed by atoms with E-state index in [0.29, 0.717) is 13.2 Å². The first-order chi connectivity index (χ1) is 8.94. The van der Waals surface area contributed by atoms with Crippen LogP contribution in [0.3, 0.4) is 0 Å². The number of nitrogens with zero attached hydrogens (tertiary/aromatic N) is 1. The molecular formula is C15H32N2O2. The van der Waals surface area contributed by atoms with Crippen LogP contribution in [0.4, 0.5) is 0 Å². The third-order valence-electron chi connectivity index (χ3n) is 3.94. The lowest BCUT2D eigenvalue weighted by molar-refractivity contribution is -0.0737. The molecule has 0 aliphatic carbocycles. The van der Waals surface area contributed by atoms with Gasteiger partial charge in [0.05, 0.1) is 13.2 Å². The molecule has 4 nitrogen and oxygen atoms in total. The summed E-state index contributed by atoms with van der Waals surface area (Å²) in [5, 5.41) is 3.46. The van der Waals surface area contributed by atoms with Gasteiger partial charge in [0.15, 0.2) is 0 Å². The summed E-state index contributed by atoms with van der Waals surface area (Å²) < 4.78 is 11.5. The zero-order valence-corrected chi connectivity index (χ0v) is 13.4. The summed E-state index contributed by atoms with van der Waals surface area (Å²) in [5.74, 6) is 0. The van der Waals surface area contributed by atoms with Gasteiger partial charge in [0, 0.05) is 18.6 Å². The normalized spacial score (nSPS) is 20.7. The first-order valence-corrected chi connectivity index (χ1v) is 7.69. The molecule has 0 aromatic carbocycles. The molecule has 1 heterocycles. The zero-order valence-electron chi connectivity index (χ0n) is 13.4. The minimum absolute atomic E-state index is 0.0700. The van der Waals surface area contributed by atoms with Crippen LogP contribution in [-0.4, -0.2) is 49.2 Å². The lowest BCUT2D eigenvalue weighted by atomic mass is 10.0. The van der Waals surface area contributed by atoms with Crippen molar-refractivity contribution in [2.45, 2.75) is 71.9 Å². The molecule has 0 saturated carbocycles. The Morgan fingerprint density at radius 3 is 2.26 bits per heavy atom. The van der Waals surface area contributed by atoms with Crippen molar-refractivity contribution in [2.75, 3.05) is 26.3 Å². The fourth-order valence-electron chi connectivity index (χ4n) is 2.35. The van der Waals surface area contributed by atoms with Gasteiger partial charge in [-0.25, -0.2) is 0 Å². The van der Waals surface area contributed by atoms with E-state index in [9.17, 15) is 0 Å². The van der Waals surface area contributed by atoms with Crippen LogP contribution in [-0.2, 0) is 9.47 Å². The summed E-state index contributed by atoms with van der Waals surface area (Å²) in [6, 6.07) is 0. The molecule has 2 unspecified atom stereocenters. The SMILES string of the molecule is CCC(C)(C)NC(C)OCCOC(C)N1CCCC1. The van der Waals surface area contributed by atoms with Crippen LogP contribution in [0.1, 0.15) is 53.9 Å². The summed E-state index contributed by atoms with van der Waals surface area (Å²) in [6.45, 7) is 14.4. The summed E-state index contributed by atoms with van der Waals surface area (Å²) in [6.07, 6.45) is 3.99. The number of nitrogens with one attached hydrogen (secondary N) is 1. The Morgan fingerprint density at radius 2 is 1.68 bits per heavy atom. The van der Waals surface area contributed by atoms with Crippen molar-refractivity contribution < 1.29 is 9.47 Å². The van der Waals surface area contributed by atoms with Gasteiger partial charge in [0.1, 0.15) is 12.5 Å². The second kappa shape index (κ2) is 8.20. The van der Waals surface area contributed by atoms with Gasteiger partial charge in [-0.3, -0.25) is 10.2 Å². The van der Waals surface area contributed by atoms with E-state index in [1.165, 1.54) is 25.9 Å². The molecule has 0 bridgehead atoms. The van der Waals surface area contributed by atoms with Gasteiger partial charge in [-0.15, -0.1) is 0 Å². The number of hydrogen-bond acceptors (Lipinski definition) is 4. The minimum Gasteiger partial charge on any atom is -0.361 e. The molecule has 4 heteroatoms. The van der Waals surface area contributed by atoms with E-state index in [2.05, 4.69) is 44.8 Å². The molecule has 0 spiro atoms. The fourth-order valence-corrected chi connectivity index (χ4v) is 2.35. The van der Waals surface area contributed by atoms with E-state index in [0.717, 1.165) is 6.42 Å². The highest BCUT2D eigenvalue weighted by atomic mass is 16.5. The predicted octanol–water partition coefficient (Wildman–Crippen LogP) is 2.59. The molecule has 19 heavy (non-hydrogen) atoms. The van der Waals surface area contributed by atoms with Crippen molar-refractivity contribution in [3.8, 4) is 0 Å². The molecule has 114 valence electrons. The monoisotopic (exact) mass is 272 g/mol. The molecule has 0 amide bonds. The van der Waals surface area contributed by atoms with Crippen LogP contribution in [0.25, 0.3) is 0 Å². The molecule has 1 aliphatic heterocycles. The van der Waals surface area contributed by atoms with Crippen molar-refractivity contribution in [3.63, 3.8) is 0 Å². The van der Waals surface area contributed by atoms with Crippen LogP contribution < -0.4 is 5.32 Å². The predicted molar refractivity (Wildman–Crippen MR) is 79.1 cm³/mol. The molecular weight excluding hydrogens is 240 g/mol. The van der Waals surface area contributed by atoms with Gasteiger partial charge >= 0.3 is 0 Å². The molecule has 1 rings (SSSR count). The maximum atomic E-state index is 5.81. The highest BCUT2D eigenvalue weighted by Gasteiger charge is 2.19. The van der Waals surface area contributed by atoms with Gasteiger partial charge in [-0.1, -0.05) is 6.92 Å². The molecule has 0 radical (unpaired) electrons. The second-order valence-corrected chi connectivity index (χ2v) is 6.11. The van der Waals surface area contributed by atoms with Gasteiger partial charge in [0.2, 0.25) is 0 Å². The zero-order chi connectivity index (χ0) is 14.3. The van der Waals surface area contributed by atoms with Gasteiger partial charge < -0.3 is 9.47 Å². The van der Waals surface area contributed by atoms with E-state index in [-0.39, 0.29) is 18.0 Å². The molecule has 0 aromatic heterocycles. The average molecular weight is 272 g/mol. The summed E-state index contributed by atoms with van der Waals surface area (Å²) in [7, 11) is 0. The Kier molecular flexibility index (Phi) is 7.29. The smallest absolute Gasteiger partial charge is 0.107 e. The Hall–Kier alpha value is -0.160. The van der Waals surface area contributed by atoms with E-state index < -0.39 is 0 Å². The topological polar surface area (TPSA) is 33.7 Å². The number of hydrogen-bond donors (Lipinski definition) is 1. The van der Waals surface area contributed by atoms with Gasteiger partial charge in [0.25, 0.3) is 0 Å². The Morgan fingerprint density at radius 1 is 1.11 bits per heavy atom. The minimum atomic E-state index is 0.0700. The average Bonchev–Trinajstić information content (AvgIpc) is 2.87. The van der Waals surface area contributed by atoms with Crippen LogP contribution in [0.2, 0.25) is 0 Å². The summed E-state index contributed by atoms with van der Waals surface area (Å²) in [5.41, 5.74) is 0.128. The molecule has 2 atom stereocenters. The second-order valence-electron chi connectivity index (χ2n) is 6.11. The van der Waals surface area contributed by atoms with Crippen LogP contribution in [0.5, 0.6) is 0 Å². The molecule has 1 N–H and O–H groups in total. The lowest BCUT2D eigenvalue weighted by Gasteiger charge is -2.29. The van der Waals surface area contributed by atoms with Crippen LogP contribution in [0, 0.1) is 0 Å². The lowest BCUT2D eigenvalue weighted by Crippen LogP contribution is -2.45. The maximum absolute atomic E-state index is 5.81. The molecule has 1 saturated heterocycles. The molecule has 1 fully saturated rings. The third kappa shape index (κ3) is 6.70. The van der Waals surface area contributed by atoms with Crippen LogP contribution in [0.15, 0.2) is 0 Å². The largest absolute Gasteiger partial charge is 0.361 e. The van der Waals surface area contributed by atoms with Crippen molar-refractivity contribution in [3.05, 3.63) is 0 Å². The molecule has 1 aliphatic rings. The first-order valence-electron chi connectivity index (χ1n) is 7.69. The Bertz CT molecular complexity index is 240. The van der Waals surface area contributed by atoms with Crippen LogP contribution >= 0.6 is 0 Å². The number of likely N-dealkylation sites (tertiary alicyclic amines) is 1. The quantitative estimate of drug-likeness (QED) is 0.517. The van der Waals surface area contributed by atoms with E-state index >= 15 is 0 Å². The van der Waals surface area contributed by atoms with Crippen molar-refractivity contribution in [1.29, 1.82) is 0 Å². The number of rotatable bonds is 9. The standard InChI is InChI=1S/C15H32N2O2/c1-6-15(4,5)16-13(2)18-11-12-19-14(3)17-9-7-8-10-17/h13-14,16H,6-12H2,1-5H3. The Balaban J connectivity index is 2.06. The first kappa shape index (κ1) is 16.9. The third-order valence-corrected chi connectivity index (χ3v) is 3.94. The van der Waals surface area contributed by atoms with Crippen molar-refractivity contribution in [2.24, 2.45) is 0 Å².